The molecule has 4 heteroatoms. The molecule has 0 aromatic rings. The first-order valence-electron chi connectivity index (χ1n) is 10.5. The standard InChI is InChI=1S/C22H39NO3/c1-7-8-9-10-11-19-20-16(4)12-17(5)22(13-25-19,18(20)6)14-26-21(24)23-15(2)3/h12,15,17-20H,7-11,13-14H2,1-6H3,(H,23,24). The molecule has 4 nitrogen and oxygen atoms in total. The minimum Gasteiger partial charge on any atom is -0.449 e. The highest BCUT2D eigenvalue weighted by Crippen LogP contribution is 2.53. The van der Waals surface area contributed by atoms with Gasteiger partial charge in [-0.05, 0) is 39.0 Å². The number of rotatable bonds is 8. The molecule has 0 aromatic heterocycles. The van der Waals surface area contributed by atoms with E-state index in [-0.39, 0.29) is 17.6 Å². The highest BCUT2D eigenvalue weighted by molar-refractivity contribution is 5.67. The van der Waals surface area contributed by atoms with Crippen LogP contribution in [-0.4, -0.2) is 31.5 Å². The molecule has 1 N–H and O–H groups in total. The Hall–Kier alpha value is -1.03. The number of amides is 1. The number of hydrogen-bond acceptors (Lipinski definition) is 3. The Kier molecular flexibility index (Phi) is 7.57. The van der Waals surface area contributed by atoms with Crippen molar-refractivity contribution in [1.82, 2.24) is 5.32 Å². The average molecular weight is 366 g/mol. The molecular formula is C22H39NO3. The maximum atomic E-state index is 12.0. The van der Waals surface area contributed by atoms with Crippen LogP contribution >= 0.6 is 0 Å². The summed E-state index contributed by atoms with van der Waals surface area (Å²) >= 11 is 0. The molecule has 26 heavy (non-hydrogen) atoms. The van der Waals surface area contributed by atoms with Crippen molar-refractivity contribution >= 4 is 6.09 Å². The molecule has 2 rings (SSSR count). The van der Waals surface area contributed by atoms with Crippen LogP contribution in [0.15, 0.2) is 11.6 Å². The molecular weight excluding hydrogens is 326 g/mol. The van der Waals surface area contributed by atoms with E-state index in [1.807, 2.05) is 13.8 Å². The number of allylic oxidation sites excluding steroid dienone is 1. The summed E-state index contributed by atoms with van der Waals surface area (Å²) < 4.78 is 12.0. The Balaban J connectivity index is 2.06. The van der Waals surface area contributed by atoms with Crippen molar-refractivity contribution in [3.63, 3.8) is 0 Å². The van der Waals surface area contributed by atoms with Gasteiger partial charge in [-0.3, -0.25) is 0 Å². The van der Waals surface area contributed by atoms with Crippen LogP contribution in [0.3, 0.4) is 0 Å². The van der Waals surface area contributed by atoms with E-state index in [1.165, 1.54) is 31.3 Å². The molecule has 0 radical (unpaired) electrons. The fraction of sp³-hybridized carbons (Fsp3) is 0.864. The Morgan fingerprint density at radius 2 is 2.08 bits per heavy atom. The van der Waals surface area contributed by atoms with Crippen molar-refractivity contribution in [2.75, 3.05) is 13.2 Å². The van der Waals surface area contributed by atoms with Crippen molar-refractivity contribution in [1.29, 1.82) is 0 Å². The normalized spacial score (nSPS) is 33.7. The van der Waals surface area contributed by atoms with Crippen molar-refractivity contribution in [2.24, 2.45) is 23.2 Å². The summed E-state index contributed by atoms with van der Waals surface area (Å²) in [6, 6.07) is 0.0891. The third-order valence-corrected chi connectivity index (χ3v) is 6.58. The van der Waals surface area contributed by atoms with Gasteiger partial charge in [-0.25, -0.2) is 4.79 Å². The predicted molar refractivity (Wildman–Crippen MR) is 106 cm³/mol. The smallest absolute Gasteiger partial charge is 0.407 e. The molecule has 1 fully saturated rings. The predicted octanol–water partition coefficient (Wildman–Crippen LogP) is 5.32. The first-order valence-corrected chi connectivity index (χ1v) is 10.5. The van der Waals surface area contributed by atoms with Crippen LogP contribution in [0.5, 0.6) is 0 Å². The SMILES string of the molecule is CCCCCCC1OCC2(COC(=O)NC(C)C)C(C)C=C(C)C1C2C. The maximum absolute atomic E-state index is 12.0. The van der Waals surface area contributed by atoms with Crippen LogP contribution in [0.4, 0.5) is 4.79 Å². The minimum atomic E-state index is -0.321. The number of carbonyl (C=O) groups excluding carboxylic acids is 1. The van der Waals surface area contributed by atoms with Gasteiger partial charge in [0, 0.05) is 17.4 Å². The van der Waals surface area contributed by atoms with E-state index in [1.54, 1.807) is 0 Å². The van der Waals surface area contributed by atoms with Crippen molar-refractivity contribution in [3.05, 3.63) is 11.6 Å². The number of alkyl carbamates (subject to hydrolysis) is 1. The second kappa shape index (κ2) is 9.25. The highest BCUT2D eigenvalue weighted by Gasteiger charge is 2.53. The second-order valence-corrected chi connectivity index (χ2v) is 8.82. The third kappa shape index (κ3) is 4.62. The summed E-state index contributed by atoms with van der Waals surface area (Å²) in [4.78, 5) is 12.0. The van der Waals surface area contributed by atoms with Gasteiger partial charge in [-0.1, -0.05) is 58.1 Å². The molecule has 150 valence electrons. The zero-order chi connectivity index (χ0) is 19.3. The Labute approximate surface area is 160 Å². The Morgan fingerprint density at radius 1 is 1.35 bits per heavy atom. The number of nitrogens with one attached hydrogen (secondary N) is 1. The highest BCUT2D eigenvalue weighted by atomic mass is 16.6. The molecule has 1 amide bonds. The number of unbranched alkanes of at least 4 members (excludes halogenated alkanes) is 3. The molecule has 2 bridgehead atoms. The van der Waals surface area contributed by atoms with Crippen LogP contribution < -0.4 is 5.32 Å². The summed E-state index contributed by atoms with van der Waals surface area (Å²) in [6.45, 7) is 14.1. The van der Waals surface area contributed by atoms with E-state index in [0.717, 1.165) is 6.42 Å². The Bertz CT molecular complexity index is 502. The van der Waals surface area contributed by atoms with Crippen LogP contribution in [0, 0.1) is 23.2 Å². The van der Waals surface area contributed by atoms with Gasteiger partial charge in [0.15, 0.2) is 0 Å². The summed E-state index contributed by atoms with van der Waals surface area (Å²) in [7, 11) is 0. The van der Waals surface area contributed by atoms with E-state index in [0.29, 0.717) is 37.1 Å². The van der Waals surface area contributed by atoms with Gasteiger partial charge in [0.2, 0.25) is 0 Å². The molecule has 2 aliphatic rings. The van der Waals surface area contributed by atoms with Gasteiger partial charge >= 0.3 is 6.09 Å². The van der Waals surface area contributed by atoms with Crippen LogP contribution in [-0.2, 0) is 9.47 Å². The zero-order valence-corrected chi connectivity index (χ0v) is 17.6. The van der Waals surface area contributed by atoms with E-state index in [2.05, 4.69) is 39.1 Å². The average Bonchev–Trinajstić information content (AvgIpc) is 2.56. The van der Waals surface area contributed by atoms with Crippen LogP contribution in [0.2, 0.25) is 0 Å². The number of carbonyl (C=O) groups is 1. The lowest BCUT2D eigenvalue weighted by Gasteiger charge is -2.55. The molecule has 1 heterocycles. The molecule has 5 atom stereocenters. The summed E-state index contributed by atoms with van der Waals surface area (Å²) in [5.41, 5.74) is 1.34. The first-order chi connectivity index (χ1) is 12.3. The molecule has 1 aliphatic heterocycles. The molecule has 1 saturated heterocycles. The molecule has 0 saturated carbocycles. The lowest BCUT2D eigenvalue weighted by Crippen LogP contribution is -2.57. The van der Waals surface area contributed by atoms with Gasteiger partial charge in [0.25, 0.3) is 0 Å². The molecule has 0 aromatic carbocycles. The molecule has 0 spiro atoms. The maximum Gasteiger partial charge on any atom is 0.407 e. The second-order valence-electron chi connectivity index (χ2n) is 8.82. The lowest BCUT2D eigenvalue weighted by molar-refractivity contribution is -0.165. The van der Waals surface area contributed by atoms with Crippen LogP contribution in [0.1, 0.15) is 73.6 Å². The summed E-state index contributed by atoms with van der Waals surface area (Å²) in [5.74, 6) is 1.25. The number of ether oxygens (including phenoxy) is 2. The van der Waals surface area contributed by atoms with E-state index in [4.69, 9.17) is 9.47 Å². The fourth-order valence-electron chi connectivity index (χ4n) is 4.90. The molecule has 5 unspecified atom stereocenters. The fourth-order valence-corrected chi connectivity index (χ4v) is 4.90. The van der Waals surface area contributed by atoms with E-state index >= 15 is 0 Å². The largest absolute Gasteiger partial charge is 0.449 e. The van der Waals surface area contributed by atoms with Gasteiger partial charge < -0.3 is 14.8 Å². The first kappa shape index (κ1) is 21.3. The van der Waals surface area contributed by atoms with Gasteiger partial charge in [0.1, 0.15) is 6.61 Å². The topological polar surface area (TPSA) is 47.6 Å². The summed E-state index contributed by atoms with van der Waals surface area (Å²) in [5, 5.41) is 2.82. The molecule has 1 aliphatic carbocycles. The van der Waals surface area contributed by atoms with Crippen molar-refractivity contribution < 1.29 is 14.3 Å². The van der Waals surface area contributed by atoms with Crippen molar-refractivity contribution in [3.8, 4) is 0 Å². The van der Waals surface area contributed by atoms with Crippen LogP contribution in [0.25, 0.3) is 0 Å². The number of hydrogen-bond donors (Lipinski definition) is 1. The quantitative estimate of drug-likeness (QED) is 0.467. The van der Waals surface area contributed by atoms with Crippen molar-refractivity contribution in [2.45, 2.75) is 85.8 Å². The van der Waals surface area contributed by atoms with E-state index < -0.39 is 0 Å². The number of fused-ring (bicyclic) bond motifs is 2. The Morgan fingerprint density at radius 3 is 2.73 bits per heavy atom. The third-order valence-electron chi connectivity index (χ3n) is 6.58. The van der Waals surface area contributed by atoms with Gasteiger partial charge in [0.05, 0.1) is 12.7 Å². The van der Waals surface area contributed by atoms with Gasteiger partial charge in [-0.2, -0.15) is 0 Å². The zero-order valence-electron chi connectivity index (χ0n) is 17.6. The summed E-state index contributed by atoms with van der Waals surface area (Å²) in [6.07, 6.45) is 8.63. The van der Waals surface area contributed by atoms with Gasteiger partial charge in [-0.15, -0.1) is 0 Å². The lowest BCUT2D eigenvalue weighted by atomic mass is 9.56. The monoisotopic (exact) mass is 365 g/mol. The van der Waals surface area contributed by atoms with E-state index in [9.17, 15) is 4.79 Å². The minimum absolute atomic E-state index is 0.0891.